The summed E-state index contributed by atoms with van der Waals surface area (Å²) in [6, 6.07) is 1.97. The van der Waals surface area contributed by atoms with Crippen molar-refractivity contribution in [2.24, 2.45) is 11.8 Å². The van der Waals surface area contributed by atoms with E-state index in [1.807, 2.05) is 0 Å². The average Bonchev–Trinajstić information content (AvgIpc) is 3.12. The standard InChI is InChI=1S/C15H26N2/c1-2-6-16(5-1)14-10-13-9-12(14)11-15(13)17-7-3-4-8-17/h12-15H,1-11H2/t12-,13-,14-,15-/m0/s1. The monoisotopic (exact) mass is 234 g/mol. The normalized spacial score (nSPS) is 47.3. The fraction of sp³-hybridized carbons (Fsp3) is 1.00. The molecule has 2 aliphatic carbocycles. The second-order valence-electron chi connectivity index (χ2n) is 6.85. The molecule has 0 aromatic rings. The van der Waals surface area contributed by atoms with Crippen molar-refractivity contribution in [3.8, 4) is 0 Å². The van der Waals surface area contributed by atoms with Gasteiger partial charge in [0, 0.05) is 12.1 Å². The van der Waals surface area contributed by atoms with E-state index >= 15 is 0 Å². The largest absolute Gasteiger partial charge is 0.300 e. The molecule has 0 aromatic carbocycles. The number of nitrogens with zero attached hydrogens (tertiary/aromatic N) is 2. The minimum atomic E-state index is 0.987. The lowest BCUT2D eigenvalue weighted by atomic mass is 9.89. The lowest BCUT2D eigenvalue weighted by Gasteiger charge is -2.37. The van der Waals surface area contributed by atoms with Gasteiger partial charge in [0.25, 0.3) is 0 Å². The van der Waals surface area contributed by atoms with E-state index in [1.54, 1.807) is 6.42 Å². The van der Waals surface area contributed by atoms with Crippen molar-refractivity contribution in [1.82, 2.24) is 9.80 Å². The molecule has 4 rings (SSSR count). The third-order valence-corrected chi connectivity index (χ3v) is 6.00. The van der Waals surface area contributed by atoms with Crippen LogP contribution in [0.2, 0.25) is 0 Å². The summed E-state index contributed by atoms with van der Waals surface area (Å²) < 4.78 is 0. The van der Waals surface area contributed by atoms with Crippen LogP contribution < -0.4 is 0 Å². The molecule has 2 bridgehead atoms. The highest BCUT2D eigenvalue weighted by Crippen LogP contribution is 2.49. The average molecular weight is 234 g/mol. The molecule has 0 spiro atoms. The SMILES string of the molecule is C1CCN([C@H]2C[C@@H]3C[C@H]2C[C@@H]3N2CCCC2)C1. The van der Waals surface area contributed by atoms with Crippen LogP contribution in [0.3, 0.4) is 0 Å². The van der Waals surface area contributed by atoms with Gasteiger partial charge in [0.2, 0.25) is 0 Å². The summed E-state index contributed by atoms with van der Waals surface area (Å²) >= 11 is 0. The highest BCUT2D eigenvalue weighted by Gasteiger charge is 2.49. The predicted molar refractivity (Wildman–Crippen MR) is 70.0 cm³/mol. The van der Waals surface area contributed by atoms with Crippen LogP contribution in [0.5, 0.6) is 0 Å². The van der Waals surface area contributed by atoms with Gasteiger partial charge in [0.1, 0.15) is 0 Å². The quantitative estimate of drug-likeness (QED) is 0.723. The second kappa shape index (κ2) is 4.24. The summed E-state index contributed by atoms with van der Waals surface area (Å²) in [6.45, 7) is 5.62. The molecule has 96 valence electrons. The fourth-order valence-corrected chi connectivity index (χ4v) is 5.26. The van der Waals surface area contributed by atoms with Crippen molar-refractivity contribution in [1.29, 1.82) is 0 Å². The molecule has 17 heavy (non-hydrogen) atoms. The van der Waals surface area contributed by atoms with E-state index < -0.39 is 0 Å². The van der Waals surface area contributed by atoms with Crippen molar-refractivity contribution in [2.45, 2.75) is 57.0 Å². The summed E-state index contributed by atoms with van der Waals surface area (Å²) in [6.07, 6.45) is 10.5. The Morgan fingerprint density at radius 1 is 0.529 bits per heavy atom. The third-order valence-electron chi connectivity index (χ3n) is 6.00. The molecule has 2 saturated heterocycles. The number of hydrogen-bond acceptors (Lipinski definition) is 2. The van der Waals surface area contributed by atoms with Gasteiger partial charge >= 0.3 is 0 Å². The van der Waals surface area contributed by atoms with E-state index in [2.05, 4.69) is 9.80 Å². The number of hydrogen-bond donors (Lipinski definition) is 0. The molecule has 4 fully saturated rings. The first-order valence-electron chi connectivity index (χ1n) is 7.90. The van der Waals surface area contributed by atoms with Gasteiger partial charge in [0.05, 0.1) is 0 Å². The van der Waals surface area contributed by atoms with Gasteiger partial charge in [-0.25, -0.2) is 0 Å². The summed E-state index contributed by atoms with van der Waals surface area (Å²) in [4.78, 5) is 5.65. The fourth-order valence-electron chi connectivity index (χ4n) is 5.26. The van der Waals surface area contributed by atoms with Crippen molar-refractivity contribution in [3.05, 3.63) is 0 Å². The summed E-state index contributed by atoms with van der Waals surface area (Å²) in [5, 5.41) is 0. The molecule has 0 N–H and O–H groups in total. The Hall–Kier alpha value is -0.0800. The number of fused-ring (bicyclic) bond motifs is 2. The molecule has 2 saturated carbocycles. The zero-order valence-corrected chi connectivity index (χ0v) is 11.0. The first kappa shape index (κ1) is 10.8. The predicted octanol–water partition coefficient (Wildman–Crippen LogP) is 2.35. The van der Waals surface area contributed by atoms with Gasteiger partial charge in [-0.2, -0.15) is 0 Å². The molecule has 4 aliphatic rings. The highest BCUT2D eigenvalue weighted by atomic mass is 15.2. The minimum Gasteiger partial charge on any atom is -0.300 e. The molecule has 0 amide bonds. The van der Waals surface area contributed by atoms with Gasteiger partial charge in [-0.15, -0.1) is 0 Å². The van der Waals surface area contributed by atoms with Crippen molar-refractivity contribution >= 4 is 0 Å². The van der Waals surface area contributed by atoms with Crippen LogP contribution in [0, 0.1) is 11.8 Å². The maximum atomic E-state index is 2.82. The molecule has 4 atom stereocenters. The summed E-state index contributed by atoms with van der Waals surface area (Å²) in [7, 11) is 0. The molecule has 0 unspecified atom stereocenters. The van der Waals surface area contributed by atoms with Crippen LogP contribution >= 0.6 is 0 Å². The van der Waals surface area contributed by atoms with Gasteiger partial charge in [-0.1, -0.05) is 0 Å². The lowest BCUT2D eigenvalue weighted by Crippen LogP contribution is -2.44. The maximum absolute atomic E-state index is 2.82. The summed E-state index contributed by atoms with van der Waals surface area (Å²) in [5.41, 5.74) is 0. The smallest absolute Gasteiger partial charge is 0.0127 e. The zero-order valence-electron chi connectivity index (χ0n) is 11.0. The molecule has 2 nitrogen and oxygen atoms in total. The lowest BCUT2D eigenvalue weighted by molar-refractivity contribution is 0.113. The van der Waals surface area contributed by atoms with E-state index in [9.17, 15) is 0 Å². The van der Waals surface area contributed by atoms with E-state index in [0.717, 1.165) is 23.9 Å². The van der Waals surface area contributed by atoms with Gasteiger partial charge < -0.3 is 9.80 Å². The molecule has 2 heterocycles. The van der Waals surface area contributed by atoms with Crippen LogP contribution in [-0.2, 0) is 0 Å². The Morgan fingerprint density at radius 2 is 0.941 bits per heavy atom. The molecule has 2 aliphatic heterocycles. The Kier molecular flexibility index (Phi) is 2.69. The Bertz CT molecular complexity index is 251. The van der Waals surface area contributed by atoms with Crippen LogP contribution in [0.15, 0.2) is 0 Å². The maximum Gasteiger partial charge on any atom is 0.0127 e. The Labute approximate surface area is 105 Å². The number of likely N-dealkylation sites (tertiary alicyclic amines) is 2. The Balaban J connectivity index is 1.41. The highest BCUT2D eigenvalue weighted by molar-refractivity contribution is 5.04. The first-order chi connectivity index (χ1) is 8.42. The van der Waals surface area contributed by atoms with E-state index in [0.29, 0.717) is 0 Å². The second-order valence-corrected chi connectivity index (χ2v) is 6.85. The molecule has 0 aromatic heterocycles. The number of rotatable bonds is 2. The van der Waals surface area contributed by atoms with Crippen LogP contribution in [0.25, 0.3) is 0 Å². The summed E-state index contributed by atoms with van der Waals surface area (Å²) in [5.74, 6) is 2.12. The van der Waals surface area contributed by atoms with Gasteiger partial charge in [0.15, 0.2) is 0 Å². The first-order valence-corrected chi connectivity index (χ1v) is 7.90. The molecular weight excluding hydrogens is 208 g/mol. The van der Waals surface area contributed by atoms with Crippen molar-refractivity contribution in [2.75, 3.05) is 26.2 Å². The molecular formula is C15H26N2. The topological polar surface area (TPSA) is 6.48 Å². The minimum absolute atomic E-state index is 0.987. The van der Waals surface area contributed by atoms with E-state index in [-0.39, 0.29) is 0 Å². The van der Waals surface area contributed by atoms with Crippen LogP contribution in [-0.4, -0.2) is 48.1 Å². The third kappa shape index (κ3) is 1.76. The van der Waals surface area contributed by atoms with Crippen LogP contribution in [0.4, 0.5) is 0 Å². The van der Waals surface area contributed by atoms with E-state index in [1.165, 1.54) is 64.7 Å². The zero-order chi connectivity index (χ0) is 11.2. The van der Waals surface area contributed by atoms with E-state index in [4.69, 9.17) is 0 Å². The van der Waals surface area contributed by atoms with Gasteiger partial charge in [-0.05, 0) is 83.0 Å². The molecule has 2 heteroatoms. The van der Waals surface area contributed by atoms with Crippen molar-refractivity contribution < 1.29 is 0 Å². The Morgan fingerprint density at radius 3 is 1.29 bits per heavy atom. The molecule has 0 radical (unpaired) electrons. The van der Waals surface area contributed by atoms with Crippen molar-refractivity contribution in [3.63, 3.8) is 0 Å². The van der Waals surface area contributed by atoms with Gasteiger partial charge in [-0.3, -0.25) is 0 Å². The van der Waals surface area contributed by atoms with Crippen LogP contribution in [0.1, 0.15) is 44.9 Å².